The number of nitriles is 1. The van der Waals surface area contributed by atoms with Crippen LogP contribution in [0.5, 0.6) is 0 Å². The molecule has 0 aromatic heterocycles. The molecule has 3 nitrogen and oxygen atoms in total. The molecule has 3 heteroatoms. The monoisotopic (exact) mass is 217 g/mol. The number of nitrogens with two attached hydrogens (primary N) is 1. The van der Waals surface area contributed by atoms with Crippen LogP contribution in [0.15, 0.2) is 30.3 Å². The molecular formula is C13H19N3. The molecule has 0 aliphatic heterocycles. The Morgan fingerprint density at radius 1 is 1.38 bits per heavy atom. The van der Waals surface area contributed by atoms with E-state index in [0.29, 0.717) is 6.54 Å². The van der Waals surface area contributed by atoms with Crippen LogP contribution in [0, 0.1) is 11.3 Å². The summed E-state index contributed by atoms with van der Waals surface area (Å²) in [5.41, 5.74) is 6.11. The van der Waals surface area contributed by atoms with Crippen molar-refractivity contribution in [1.29, 1.82) is 5.26 Å². The van der Waals surface area contributed by atoms with Crippen molar-refractivity contribution in [3.63, 3.8) is 0 Å². The maximum absolute atomic E-state index is 9.25. The van der Waals surface area contributed by atoms with Crippen LogP contribution in [0.1, 0.15) is 18.9 Å². The van der Waals surface area contributed by atoms with Gasteiger partial charge in [0.05, 0.1) is 6.07 Å². The SMILES string of the molecule is CCCN(C)CC(N)(C#N)c1ccccc1. The summed E-state index contributed by atoms with van der Waals surface area (Å²) >= 11 is 0. The molecule has 86 valence electrons. The fourth-order valence-electron chi connectivity index (χ4n) is 1.81. The minimum atomic E-state index is -0.912. The zero-order valence-corrected chi connectivity index (χ0v) is 9.98. The van der Waals surface area contributed by atoms with Crippen LogP contribution in [0.2, 0.25) is 0 Å². The van der Waals surface area contributed by atoms with Crippen LogP contribution >= 0.6 is 0 Å². The van der Waals surface area contributed by atoms with Crippen molar-refractivity contribution < 1.29 is 0 Å². The summed E-state index contributed by atoms with van der Waals surface area (Å²) in [7, 11) is 1.99. The van der Waals surface area contributed by atoms with E-state index in [4.69, 9.17) is 5.73 Å². The molecular weight excluding hydrogens is 198 g/mol. The highest BCUT2D eigenvalue weighted by molar-refractivity contribution is 5.31. The van der Waals surface area contributed by atoms with Crippen LogP contribution in [0.3, 0.4) is 0 Å². The van der Waals surface area contributed by atoms with E-state index in [9.17, 15) is 5.26 Å². The van der Waals surface area contributed by atoms with Gasteiger partial charge in [-0.1, -0.05) is 37.3 Å². The van der Waals surface area contributed by atoms with Crippen LogP contribution in [0.4, 0.5) is 0 Å². The molecule has 0 radical (unpaired) electrons. The maximum Gasteiger partial charge on any atom is 0.142 e. The highest BCUT2D eigenvalue weighted by Crippen LogP contribution is 2.18. The maximum atomic E-state index is 9.25. The number of rotatable bonds is 5. The van der Waals surface area contributed by atoms with Gasteiger partial charge in [-0.05, 0) is 25.6 Å². The normalized spacial score (nSPS) is 14.4. The fraction of sp³-hybridized carbons (Fsp3) is 0.462. The summed E-state index contributed by atoms with van der Waals surface area (Å²) in [6.45, 7) is 3.62. The van der Waals surface area contributed by atoms with Gasteiger partial charge in [0.2, 0.25) is 0 Å². The van der Waals surface area contributed by atoms with Gasteiger partial charge in [-0.2, -0.15) is 5.26 Å². The van der Waals surface area contributed by atoms with Crippen molar-refractivity contribution in [2.75, 3.05) is 20.1 Å². The molecule has 0 saturated heterocycles. The summed E-state index contributed by atoms with van der Waals surface area (Å²) < 4.78 is 0. The average molecular weight is 217 g/mol. The summed E-state index contributed by atoms with van der Waals surface area (Å²) in [5, 5.41) is 9.25. The number of benzene rings is 1. The van der Waals surface area contributed by atoms with E-state index in [-0.39, 0.29) is 0 Å². The van der Waals surface area contributed by atoms with E-state index in [2.05, 4.69) is 17.9 Å². The first-order chi connectivity index (χ1) is 7.62. The highest BCUT2D eigenvalue weighted by Gasteiger charge is 2.28. The van der Waals surface area contributed by atoms with Gasteiger partial charge >= 0.3 is 0 Å². The molecule has 0 bridgehead atoms. The third-order valence-electron chi connectivity index (χ3n) is 2.61. The smallest absolute Gasteiger partial charge is 0.142 e. The van der Waals surface area contributed by atoms with E-state index < -0.39 is 5.54 Å². The molecule has 0 fully saturated rings. The minimum Gasteiger partial charge on any atom is -0.309 e. The topological polar surface area (TPSA) is 53.0 Å². The summed E-state index contributed by atoms with van der Waals surface area (Å²) in [5.74, 6) is 0. The molecule has 2 N–H and O–H groups in total. The standard InChI is InChI=1S/C13H19N3/c1-3-9-16(2)11-13(15,10-14)12-7-5-4-6-8-12/h4-8H,3,9,11,15H2,1-2H3. The average Bonchev–Trinajstić information content (AvgIpc) is 2.30. The summed E-state index contributed by atoms with van der Waals surface area (Å²) in [6.07, 6.45) is 1.06. The third kappa shape index (κ3) is 3.06. The van der Waals surface area contributed by atoms with E-state index >= 15 is 0 Å². The second-order valence-electron chi connectivity index (χ2n) is 4.19. The first-order valence-corrected chi connectivity index (χ1v) is 5.56. The lowest BCUT2D eigenvalue weighted by molar-refractivity contribution is 0.282. The largest absolute Gasteiger partial charge is 0.309 e. The second kappa shape index (κ2) is 5.64. The molecule has 0 aliphatic carbocycles. The third-order valence-corrected chi connectivity index (χ3v) is 2.61. The molecule has 1 atom stereocenters. The van der Waals surface area contributed by atoms with E-state index in [1.54, 1.807) is 0 Å². The number of likely N-dealkylation sites (N-methyl/N-ethyl adjacent to an activating group) is 1. The van der Waals surface area contributed by atoms with Crippen molar-refractivity contribution in [2.45, 2.75) is 18.9 Å². The zero-order chi connectivity index (χ0) is 12.0. The molecule has 0 amide bonds. The number of nitrogens with zero attached hydrogens (tertiary/aromatic N) is 2. The predicted molar refractivity (Wildman–Crippen MR) is 65.7 cm³/mol. The van der Waals surface area contributed by atoms with Gasteiger partial charge in [0.15, 0.2) is 0 Å². The van der Waals surface area contributed by atoms with Crippen LogP contribution in [0.25, 0.3) is 0 Å². The van der Waals surface area contributed by atoms with Gasteiger partial charge in [-0.3, -0.25) is 0 Å². The van der Waals surface area contributed by atoms with Gasteiger partial charge in [0.25, 0.3) is 0 Å². The van der Waals surface area contributed by atoms with Crippen LogP contribution < -0.4 is 5.73 Å². The molecule has 16 heavy (non-hydrogen) atoms. The molecule has 1 unspecified atom stereocenters. The molecule has 1 aromatic rings. The highest BCUT2D eigenvalue weighted by atomic mass is 15.1. The van der Waals surface area contributed by atoms with Gasteiger partial charge in [0, 0.05) is 6.54 Å². The van der Waals surface area contributed by atoms with Crippen LogP contribution in [-0.4, -0.2) is 25.0 Å². The molecule has 1 aromatic carbocycles. The van der Waals surface area contributed by atoms with E-state index in [1.165, 1.54) is 0 Å². The molecule has 0 heterocycles. The Labute approximate surface area is 97.5 Å². The first kappa shape index (κ1) is 12.7. The minimum absolute atomic E-state index is 0.557. The van der Waals surface area contributed by atoms with Crippen LogP contribution in [-0.2, 0) is 5.54 Å². The lowest BCUT2D eigenvalue weighted by Gasteiger charge is -2.27. The van der Waals surface area contributed by atoms with Crippen molar-refractivity contribution in [2.24, 2.45) is 5.73 Å². The Bertz CT molecular complexity index is 355. The van der Waals surface area contributed by atoms with Crippen molar-refractivity contribution >= 4 is 0 Å². The van der Waals surface area contributed by atoms with Crippen molar-refractivity contribution in [3.05, 3.63) is 35.9 Å². The fourth-order valence-corrected chi connectivity index (χ4v) is 1.81. The van der Waals surface area contributed by atoms with Gasteiger partial charge in [0.1, 0.15) is 5.54 Å². The molecule has 0 spiro atoms. The van der Waals surface area contributed by atoms with Gasteiger partial charge in [-0.15, -0.1) is 0 Å². The molecule has 0 aliphatic rings. The Morgan fingerprint density at radius 3 is 2.50 bits per heavy atom. The Balaban J connectivity index is 2.83. The van der Waals surface area contributed by atoms with Crippen molar-refractivity contribution in [1.82, 2.24) is 4.90 Å². The lowest BCUT2D eigenvalue weighted by Crippen LogP contribution is -2.45. The van der Waals surface area contributed by atoms with E-state index in [0.717, 1.165) is 18.5 Å². The summed E-state index contributed by atoms with van der Waals surface area (Å²) in [6, 6.07) is 11.8. The Hall–Kier alpha value is -1.37. The lowest BCUT2D eigenvalue weighted by atomic mass is 9.92. The Kier molecular flexibility index (Phi) is 4.48. The molecule has 1 rings (SSSR count). The predicted octanol–water partition coefficient (Wildman–Crippen LogP) is 1.71. The number of hydrogen-bond acceptors (Lipinski definition) is 3. The van der Waals surface area contributed by atoms with Crippen molar-refractivity contribution in [3.8, 4) is 6.07 Å². The zero-order valence-electron chi connectivity index (χ0n) is 9.98. The van der Waals surface area contributed by atoms with Gasteiger partial charge < -0.3 is 10.6 Å². The second-order valence-corrected chi connectivity index (χ2v) is 4.19. The summed E-state index contributed by atoms with van der Waals surface area (Å²) in [4.78, 5) is 2.09. The first-order valence-electron chi connectivity index (χ1n) is 5.56. The van der Waals surface area contributed by atoms with E-state index in [1.807, 2.05) is 37.4 Å². The molecule has 0 saturated carbocycles. The number of hydrogen-bond donors (Lipinski definition) is 1. The van der Waals surface area contributed by atoms with Gasteiger partial charge in [-0.25, -0.2) is 0 Å². The quantitative estimate of drug-likeness (QED) is 0.816. The Morgan fingerprint density at radius 2 is 2.00 bits per heavy atom.